The predicted octanol–water partition coefficient (Wildman–Crippen LogP) is 4.32. The highest BCUT2D eigenvalue weighted by Crippen LogP contribution is 2.25. The van der Waals surface area contributed by atoms with Crippen LogP contribution in [-0.2, 0) is 16.8 Å². The Balaban J connectivity index is 1.66. The molecule has 0 unspecified atom stereocenters. The zero-order valence-corrected chi connectivity index (χ0v) is 17.8. The van der Waals surface area contributed by atoms with Crippen molar-refractivity contribution in [1.29, 1.82) is 0 Å². The van der Waals surface area contributed by atoms with Crippen molar-refractivity contribution in [2.75, 3.05) is 11.9 Å². The van der Waals surface area contributed by atoms with Gasteiger partial charge in [0.05, 0.1) is 6.61 Å². The number of aromatic amines is 1. The van der Waals surface area contributed by atoms with Gasteiger partial charge in [0.25, 0.3) is 0 Å². The number of ether oxygens (including phenoxy) is 1. The lowest BCUT2D eigenvalue weighted by molar-refractivity contribution is -0.116. The highest BCUT2D eigenvalue weighted by atomic mass is 32.1. The minimum absolute atomic E-state index is 0.174. The standard InChI is InChI=1S/C20H25N5O3S/c1-5-27-14-8-6-13(7-9-14)18-22-23-19(29)25(18)11-10-17(26)21-16-12-15(28-24-16)20(2,3)4/h6-9,12H,5,10-11H2,1-4H3,(H,23,29)(H,21,24,26). The summed E-state index contributed by atoms with van der Waals surface area (Å²) >= 11 is 5.33. The molecule has 0 atom stereocenters. The molecular formula is C20H25N5O3S. The van der Waals surface area contributed by atoms with Crippen molar-refractivity contribution in [2.45, 2.75) is 46.1 Å². The summed E-state index contributed by atoms with van der Waals surface area (Å²) in [5.74, 6) is 2.39. The van der Waals surface area contributed by atoms with E-state index in [9.17, 15) is 4.79 Å². The number of benzene rings is 1. The fourth-order valence-electron chi connectivity index (χ4n) is 2.72. The Bertz CT molecular complexity index is 1030. The SMILES string of the molecule is CCOc1ccc(-c2n[nH]c(=S)n2CCC(=O)Nc2cc(C(C)(C)C)on2)cc1. The highest BCUT2D eigenvalue weighted by Gasteiger charge is 2.20. The molecule has 1 amide bonds. The lowest BCUT2D eigenvalue weighted by Crippen LogP contribution is -2.15. The van der Waals surface area contributed by atoms with Crippen LogP contribution in [0.25, 0.3) is 11.4 Å². The molecule has 0 aliphatic heterocycles. The van der Waals surface area contributed by atoms with E-state index in [0.29, 0.717) is 35.3 Å². The molecule has 0 bridgehead atoms. The van der Waals surface area contributed by atoms with Gasteiger partial charge in [0.15, 0.2) is 16.4 Å². The normalized spacial score (nSPS) is 11.4. The second-order valence-electron chi connectivity index (χ2n) is 7.59. The van der Waals surface area contributed by atoms with Crippen molar-refractivity contribution in [2.24, 2.45) is 0 Å². The molecule has 9 heteroatoms. The van der Waals surface area contributed by atoms with Crippen LogP contribution in [0.4, 0.5) is 5.82 Å². The van der Waals surface area contributed by atoms with Crippen LogP contribution in [0, 0.1) is 4.77 Å². The van der Waals surface area contributed by atoms with Gasteiger partial charge < -0.3 is 14.6 Å². The smallest absolute Gasteiger partial charge is 0.227 e. The molecule has 3 rings (SSSR count). The van der Waals surface area contributed by atoms with Gasteiger partial charge in [-0.1, -0.05) is 25.9 Å². The lowest BCUT2D eigenvalue weighted by atomic mass is 9.93. The molecule has 2 aromatic heterocycles. The van der Waals surface area contributed by atoms with Crippen molar-refractivity contribution in [1.82, 2.24) is 19.9 Å². The third-order valence-corrected chi connectivity index (χ3v) is 4.57. The summed E-state index contributed by atoms with van der Waals surface area (Å²) in [7, 11) is 0. The predicted molar refractivity (Wildman–Crippen MR) is 112 cm³/mol. The number of nitrogens with zero attached hydrogens (tertiary/aromatic N) is 3. The van der Waals surface area contributed by atoms with E-state index in [0.717, 1.165) is 11.3 Å². The van der Waals surface area contributed by atoms with E-state index >= 15 is 0 Å². The first kappa shape index (κ1) is 20.8. The van der Waals surface area contributed by atoms with Crippen LogP contribution in [0.15, 0.2) is 34.9 Å². The maximum atomic E-state index is 12.4. The number of aromatic nitrogens is 4. The zero-order chi connectivity index (χ0) is 21.0. The van der Waals surface area contributed by atoms with E-state index in [4.69, 9.17) is 21.5 Å². The maximum Gasteiger partial charge on any atom is 0.227 e. The zero-order valence-electron chi connectivity index (χ0n) is 17.0. The second-order valence-corrected chi connectivity index (χ2v) is 7.97. The van der Waals surface area contributed by atoms with Crippen LogP contribution in [0.2, 0.25) is 0 Å². The molecule has 0 radical (unpaired) electrons. The summed E-state index contributed by atoms with van der Waals surface area (Å²) in [6.45, 7) is 8.98. The second kappa shape index (κ2) is 8.60. The minimum Gasteiger partial charge on any atom is -0.494 e. The van der Waals surface area contributed by atoms with Gasteiger partial charge in [0, 0.05) is 30.0 Å². The number of hydrogen-bond donors (Lipinski definition) is 2. The molecule has 2 heterocycles. The summed E-state index contributed by atoms with van der Waals surface area (Å²) in [6.07, 6.45) is 0.218. The van der Waals surface area contributed by atoms with Crippen LogP contribution >= 0.6 is 12.2 Å². The number of carbonyl (C=O) groups is 1. The van der Waals surface area contributed by atoms with Crippen molar-refractivity contribution < 1.29 is 14.1 Å². The summed E-state index contributed by atoms with van der Waals surface area (Å²) in [6, 6.07) is 9.33. The van der Waals surface area contributed by atoms with E-state index in [2.05, 4.69) is 20.7 Å². The molecule has 8 nitrogen and oxygen atoms in total. The number of hydrogen-bond acceptors (Lipinski definition) is 6. The molecule has 0 saturated heterocycles. The number of amides is 1. The van der Waals surface area contributed by atoms with Crippen LogP contribution in [0.1, 0.15) is 39.9 Å². The summed E-state index contributed by atoms with van der Waals surface area (Å²) in [4.78, 5) is 12.4. The average Bonchev–Trinajstić information content (AvgIpc) is 3.28. The van der Waals surface area contributed by atoms with Gasteiger partial charge >= 0.3 is 0 Å². The van der Waals surface area contributed by atoms with Crippen LogP contribution in [0.5, 0.6) is 5.75 Å². The molecule has 1 aromatic carbocycles. The van der Waals surface area contributed by atoms with Gasteiger partial charge in [-0.25, -0.2) is 0 Å². The van der Waals surface area contributed by atoms with Crippen molar-refractivity contribution >= 4 is 23.9 Å². The van der Waals surface area contributed by atoms with Crippen molar-refractivity contribution in [3.63, 3.8) is 0 Å². The minimum atomic E-state index is -0.181. The Hall–Kier alpha value is -2.94. The number of carbonyl (C=O) groups excluding carboxylic acids is 1. The molecule has 0 fully saturated rings. The highest BCUT2D eigenvalue weighted by molar-refractivity contribution is 7.71. The van der Waals surface area contributed by atoms with Crippen molar-refractivity contribution in [3.8, 4) is 17.1 Å². The molecule has 29 heavy (non-hydrogen) atoms. The molecular weight excluding hydrogens is 390 g/mol. The Morgan fingerprint density at radius 3 is 2.66 bits per heavy atom. The Kier molecular flexibility index (Phi) is 6.17. The Morgan fingerprint density at radius 2 is 2.03 bits per heavy atom. The van der Waals surface area contributed by atoms with Gasteiger partial charge in [0.2, 0.25) is 5.91 Å². The van der Waals surface area contributed by atoms with Gasteiger partial charge in [-0.05, 0) is 43.4 Å². The van der Waals surface area contributed by atoms with Gasteiger partial charge in [-0.3, -0.25) is 14.5 Å². The van der Waals surface area contributed by atoms with Crippen LogP contribution in [-0.4, -0.2) is 32.4 Å². The molecule has 0 aliphatic rings. The summed E-state index contributed by atoms with van der Waals surface area (Å²) in [5.41, 5.74) is 0.708. The molecule has 3 aromatic rings. The summed E-state index contributed by atoms with van der Waals surface area (Å²) < 4.78 is 13.0. The average molecular weight is 416 g/mol. The van der Waals surface area contributed by atoms with Gasteiger partial charge in [-0.2, -0.15) is 5.10 Å². The van der Waals surface area contributed by atoms with Crippen LogP contribution in [0.3, 0.4) is 0 Å². The van der Waals surface area contributed by atoms with E-state index < -0.39 is 0 Å². The van der Waals surface area contributed by atoms with E-state index in [-0.39, 0.29) is 17.7 Å². The Labute approximate surface area is 174 Å². The lowest BCUT2D eigenvalue weighted by Gasteiger charge is -2.12. The molecule has 0 spiro atoms. The first-order valence-corrected chi connectivity index (χ1v) is 9.84. The van der Waals surface area contributed by atoms with E-state index in [1.54, 1.807) is 10.6 Å². The van der Waals surface area contributed by atoms with Crippen LogP contribution < -0.4 is 10.1 Å². The number of anilines is 1. The molecule has 154 valence electrons. The summed E-state index contributed by atoms with van der Waals surface area (Å²) in [5, 5.41) is 13.8. The molecule has 2 N–H and O–H groups in total. The van der Waals surface area contributed by atoms with Gasteiger partial charge in [0.1, 0.15) is 11.5 Å². The monoisotopic (exact) mass is 415 g/mol. The largest absolute Gasteiger partial charge is 0.494 e. The fraction of sp³-hybridized carbons (Fsp3) is 0.400. The van der Waals surface area contributed by atoms with Crippen molar-refractivity contribution in [3.05, 3.63) is 40.9 Å². The first-order valence-electron chi connectivity index (χ1n) is 9.43. The van der Waals surface area contributed by atoms with E-state index in [1.165, 1.54) is 0 Å². The van der Waals surface area contributed by atoms with E-state index in [1.807, 2.05) is 52.0 Å². The number of nitrogens with one attached hydrogen (secondary N) is 2. The first-order chi connectivity index (χ1) is 13.8. The van der Waals surface area contributed by atoms with Gasteiger partial charge in [-0.15, -0.1) is 0 Å². The molecule has 0 saturated carbocycles. The third-order valence-electron chi connectivity index (χ3n) is 4.26. The molecule has 0 aliphatic carbocycles. The number of H-pyrrole nitrogens is 1. The number of rotatable bonds is 7. The maximum absolute atomic E-state index is 12.4. The topological polar surface area (TPSA) is 98.0 Å². The Morgan fingerprint density at radius 1 is 1.31 bits per heavy atom. The third kappa shape index (κ3) is 5.11. The quantitative estimate of drug-likeness (QED) is 0.558. The fourth-order valence-corrected chi connectivity index (χ4v) is 2.94.